The molecule has 1 saturated heterocycles. The van der Waals surface area contributed by atoms with Crippen LogP contribution in [0.4, 0.5) is 23.7 Å². The number of aliphatic hydroxyl groups is 1. The number of hydrogen-bond donors (Lipinski definition) is 1. The van der Waals surface area contributed by atoms with Crippen LogP contribution in [-0.2, 0) is 23.9 Å². The summed E-state index contributed by atoms with van der Waals surface area (Å²) in [5, 5.41) is 27.0. The number of alkyl halides is 3. The summed E-state index contributed by atoms with van der Waals surface area (Å²) in [6.07, 6.45) is -2.64. The van der Waals surface area contributed by atoms with Gasteiger partial charge in [0.15, 0.2) is 0 Å². The highest BCUT2D eigenvalue weighted by atomic mass is 19.4. The number of urea groups is 1. The molecule has 198 valence electrons. The molecule has 3 aromatic rings. The van der Waals surface area contributed by atoms with Gasteiger partial charge in [-0.25, -0.2) is 14.4 Å². The summed E-state index contributed by atoms with van der Waals surface area (Å²) >= 11 is 0. The van der Waals surface area contributed by atoms with Gasteiger partial charge in [0.25, 0.3) is 5.91 Å². The first-order chi connectivity index (χ1) is 17.9. The summed E-state index contributed by atoms with van der Waals surface area (Å²) in [5.74, 6) is -0.679. The van der Waals surface area contributed by atoms with Crippen molar-refractivity contribution in [1.29, 1.82) is 5.26 Å². The molecule has 2 aromatic carbocycles. The molecule has 1 aliphatic rings. The molecule has 4 rings (SSSR count). The molecule has 1 unspecified atom stereocenters. The van der Waals surface area contributed by atoms with Gasteiger partial charge in [0.2, 0.25) is 0 Å². The van der Waals surface area contributed by atoms with Gasteiger partial charge in [-0.3, -0.25) is 4.79 Å². The number of carbonyl (C=O) groups is 2. The number of halogens is 3. The molecule has 9 nitrogen and oxygen atoms in total. The zero-order valence-corrected chi connectivity index (χ0v) is 20.9. The minimum Gasteiger partial charge on any atom is -0.393 e. The maximum atomic E-state index is 13.5. The van der Waals surface area contributed by atoms with E-state index in [-0.39, 0.29) is 12.2 Å². The number of amides is 3. The third-order valence-electron chi connectivity index (χ3n) is 6.51. The van der Waals surface area contributed by atoms with E-state index < -0.39 is 40.9 Å². The van der Waals surface area contributed by atoms with Crippen molar-refractivity contribution in [3.63, 3.8) is 0 Å². The van der Waals surface area contributed by atoms with E-state index in [1.54, 1.807) is 35.1 Å². The first kappa shape index (κ1) is 26.8. The highest BCUT2D eigenvalue weighted by Gasteiger charge is 2.52. The molecule has 1 aliphatic heterocycles. The molecule has 1 atom stereocenters. The molecule has 12 heteroatoms. The van der Waals surface area contributed by atoms with E-state index in [0.29, 0.717) is 40.8 Å². The van der Waals surface area contributed by atoms with E-state index in [1.807, 2.05) is 6.92 Å². The van der Waals surface area contributed by atoms with E-state index in [4.69, 9.17) is 5.26 Å². The molecule has 1 aromatic heterocycles. The average Bonchev–Trinajstić information content (AvgIpc) is 3.40. The molecule has 3 amide bonds. The molecule has 0 aliphatic carbocycles. The fourth-order valence-electron chi connectivity index (χ4n) is 4.17. The molecule has 0 saturated carbocycles. The van der Waals surface area contributed by atoms with Crippen molar-refractivity contribution in [2.75, 3.05) is 4.90 Å². The first-order valence-electron chi connectivity index (χ1n) is 11.8. The minimum absolute atomic E-state index is 0.0298. The van der Waals surface area contributed by atoms with Gasteiger partial charge in [-0.1, -0.05) is 24.3 Å². The first-order valence-corrected chi connectivity index (χ1v) is 11.8. The maximum absolute atomic E-state index is 13.5. The number of hydrogen-bond acceptors (Lipinski definition) is 6. The number of nitrogens with zero attached hydrogens (tertiary/aromatic N) is 6. The van der Waals surface area contributed by atoms with Gasteiger partial charge < -0.3 is 10.0 Å². The predicted octanol–water partition coefficient (Wildman–Crippen LogP) is 4.22. The lowest BCUT2D eigenvalue weighted by Crippen LogP contribution is -2.43. The second-order valence-electron chi connectivity index (χ2n) is 9.49. The SMILES string of the molecule is CCC(O)Cc1cn(-c2ccc(CN3C(=O)N(c4ccc(C#N)c(C(F)(F)F)c4)C(=O)C3(C)C)cc2)nn1. The van der Waals surface area contributed by atoms with E-state index in [1.165, 1.54) is 24.8 Å². The number of carbonyl (C=O) groups excluding carboxylic acids is 2. The normalized spacial score (nSPS) is 16.2. The number of aromatic nitrogens is 3. The third-order valence-corrected chi connectivity index (χ3v) is 6.51. The van der Waals surface area contributed by atoms with Gasteiger partial charge in [0.1, 0.15) is 5.54 Å². The van der Waals surface area contributed by atoms with Crippen LogP contribution in [0.3, 0.4) is 0 Å². The minimum atomic E-state index is -4.83. The Labute approximate surface area is 216 Å². The fourth-order valence-corrected chi connectivity index (χ4v) is 4.17. The lowest BCUT2D eigenvalue weighted by atomic mass is 10.0. The van der Waals surface area contributed by atoms with Crippen LogP contribution in [0.2, 0.25) is 0 Å². The monoisotopic (exact) mass is 526 g/mol. The number of anilines is 1. The zero-order chi connectivity index (χ0) is 27.8. The molecule has 38 heavy (non-hydrogen) atoms. The quantitative estimate of drug-likeness (QED) is 0.461. The van der Waals surface area contributed by atoms with Crippen molar-refractivity contribution < 1.29 is 27.9 Å². The van der Waals surface area contributed by atoms with Crippen LogP contribution in [0.25, 0.3) is 5.69 Å². The highest BCUT2D eigenvalue weighted by Crippen LogP contribution is 2.38. The van der Waals surface area contributed by atoms with Gasteiger partial charge in [-0.15, -0.1) is 5.10 Å². The number of nitriles is 1. The number of imide groups is 1. The third kappa shape index (κ3) is 4.97. The summed E-state index contributed by atoms with van der Waals surface area (Å²) in [7, 11) is 0. The Bertz CT molecular complexity index is 1410. The van der Waals surface area contributed by atoms with E-state index in [9.17, 15) is 27.9 Å². The number of benzene rings is 2. The van der Waals surface area contributed by atoms with Crippen molar-refractivity contribution in [3.8, 4) is 11.8 Å². The van der Waals surface area contributed by atoms with Crippen molar-refractivity contribution in [2.45, 2.75) is 58.0 Å². The summed E-state index contributed by atoms with van der Waals surface area (Å²) in [5.41, 5.74) is -1.38. The van der Waals surface area contributed by atoms with Gasteiger partial charge in [0, 0.05) is 13.0 Å². The van der Waals surface area contributed by atoms with Gasteiger partial charge in [-0.05, 0) is 56.2 Å². The van der Waals surface area contributed by atoms with Crippen LogP contribution >= 0.6 is 0 Å². The summed E-state index contributed by atoms with van der Waals surface area (Å²) in [4.78, 5) is 28.5. The Balaban J connectivity index is 1.56. The van der Waals surface area contributed by atoms with E-state index >= 15 is 0 Å². The summed E-state index contributed by atoms with van der Waals surface area (Å²) in [6, 6.07) is 10.5. The largest absolute Gasteiger partial charge is 0.417 e. The lowest BCUT2D eigenvalue weighted by molar-refractivity contribution is -0.137. The van der Waals surface area contributed by atoms with Crippen LogP contribution in [-0.4, -0.2) is 48.6 Å². The Kier molecular flexibility index (Phi) is 6.99. The molecular formula is C26H25F3N6O3. The van der Waals surface area contributed by atoms with Crippen molar-refractivity contribution in [2.24, 2.45) is 0 Å². The topological polar surface area (TPSA) is 115 Å². The van der Waals surface area contributed by atoms with Crippen LogP contribution in [0.5, 0.6) is 0 Å². The lowest BCUT2D eigenvalue weighted by Gasteiger charge is -2.27. The average molecular weight is 527 g/mol. The van der Waals surface area contributed by atoms with Gasteiger partial charge in [0.05, 0.1) is 46.6 Å². The van der Waals surface area contributed by atoms with Crippen LogP contribution in [0, 0.1) is 11.3 Å². The van der Waals surface area contributed by atoms with E-state index in [0.717, 1.165) is 12.1 Å². The summed E-state index contributed by atoms with van der Waals surface area (Å²) in [6.45, 7) is 4.95. The second kappa shape index (κ2) is 9.90. The van der Waals surface area contributed by atoms with E-state index in [2.05, 4.69) is 10.3 Å². The standard InChI is InChI=1S/C26H25F3N6O3/c1-4-21(36)11-18-15-34(32-31-18)19-8-5-16(6-9-19)14-33-24(38)35(23(37)25(33,2)3)20-10-7-17(13-30)22(12-20)26(27,28)29/h5-10,12,15,21,36H,4,11,14H2,1-3H3. The molecule has 2 heterocycles. The zero-order valence-electron chi connectivity index (χ0n) is 20.9. The predicted molar refractivity (Wildman–Crippen MR) is 130 cm³/mol. The smallest absolute Gasteiger partial charge is 0.393 e. The Morgan fingerprint density at radius 1 is 1.11 bits per heavy atom. The van der Waals surface area contributed by atoms with Gasteiger partial charge >= 0.3 is 12.2 Å². The number of aliphatic hydroxyl groups excluding tert-OH is 1. The molecule has 0 spiro atoms. The van der Waals surface area contributed by atoms with Crippen LogP contribution in [0.1, 0.15) is 49.6 Å². The highest BCUT2D eigenvalue weighted by molar-refractivity contribution is 6.23. The van der Waals surface area contributed by atoms with Crippen LogP contribution < -0.4 is 4.90 Å². The summed E-state index contributed by atoms with van der Waals surface area (Å²) < 4.78 is 42.0. The molecule has 1 N–H and O–H groups in total. The Hall–Kier alpha value is -4.24. The molecule has 1 fully saturated rings. The van der Waals surface area contributed by atoms with Crippen molar-refractivity contribution >= 4 is 17.6 Å². The molecule has 0 radical (unpaired) electrons. The fraction of sp³-hybridized carbons (Fsp3) is 0.346. The Morgan fingerprint density at radius 3 is 2.37 bits per heavy atom. The number of rotatable bonds is 7. The molecular weight excluding hydrogens is 501 g/mol. The molecule has 0 bridgehead atoms. The Morgan fingerprint density at radius 2 is 1.76 bits per heavy atom. The van der Waals surface area contributed by atoms with Crippen LogP contribution in [0.15, 0.2) is 48.7 Å². The van der Waals surface area contributed by atoms with Crippen molar-refractivity contribution in [1.82, 2.24) is 19.9 Å². The van der Waals surface area contributed by atoms with Gasteiger partial charge in [-0.2, -0.15) is 18.4 Å². The maximum Gasteiger partial charge on any atom is 0.417 e. The van der Waals surface area contributed by atoms with Crippen molar-refractivity contribution in [3.05, 3.63) is 71.0 Å². The second-order valence-corrected chi connectivity index (χ2v) is 9.49.